The Kier molecular flexibility index (Phi) is 7.79. The molecule has 0 aliphatic rings. The van der Waals surface area contributed by atoms with Crippen LogP contribution in [0.4, 0.5) is 0 Å². The molecule has 2 aromatic rings. The molecule has 0 fully saturated rings. The highest BCUT2D eigenvalue weighted by molar-refractivity contribution is 5.79. The van der Waals surface area contributed by atoms with Gasteiger partial charge in [0.05, 0.1) is 19.8 Å². The molecule has 1 atom stereocenters. The Labute approximate surface area is 149 Å². The number of aliphatic hydroxyl groups is 1. The van der Waals surface area contributed by atoms with E-state index in [1.165, 1.54) is 0 Å². The smallest absolute Gasteiger partial charge is 0.191 e. The van der Waals surface area contributed by atoms with Gasteiger partial charge in [0, 0.05) is 19.5 Å². The second-order valence-corrected chi connectivity index (χ2v) is 5.77. The van der Waals surface area contributed by atoms with Gasteiger partial charge in [0.2, 0.25) is 0 Å². The summed E-state index contributed by atoms with van der Waals surface area (Å²) >= 11 is 0. The van der Waals surface area contributed by atoms with Gasteiger partial charge in [-0.25, -0.2) is 4.99 Å². The molecule has 0 spiro atoms. The summed E-state index contributed by atoms with van der Waals surface area (Å²) in [5, 5.41) is 16.6. The lowest BCUT2D eigenvalue weighted by Crippen LogP contribution is -2.41. The monoisotopic (exact) mass is 341 g/mol. The molecule has 1 unspecified atom stereocenters. The predicted octanol–water partition coefficient (Wildman–Crippen LogP) is 2.35. The van der Waals surface area contributed by atoms with Gasteiger partial charge in [-0.15, -0.1) is 0 Å². The van der Waals surface area contributed by atoms with Crippen molar-refractivity contribution in [3.8, 4) is 5.75 Å². The van der Waals surface area contributed by atoms with E-state index in [1.807, 2.05) is 61.5 Å². The van der Waals surface area contributed by atoms with Crippen molar-refractivity contribution in [1.29, 1.82) is 0 Å². The average Bonchev–Trinajstić information content (AvgIpc) is 2.65. The third kappa shape index (κ3) is 6.85. The molecule has 5 heteroatoms. The lowest BCUT2D eigenvalue weighted by atomic mass is 10.1. The topological polar surface area (TPSA) is 65.9 Å². The van der Waals surface area contributed by atoms with Crippen LogP contribution in [0.5, 0.6) is 5.75 Å². The highest BCUT2D eigenvalue weighted by atomic mass is 16.5. The second-order valence-electron chi connectivity index (χ2n) is 5.77. The molecular weight excluding hydrogens is 314 g/mol. The first-order chi connectivity index (χ1) is 12.2. The van der Waals surface area contributed by atoms with E-state index < -0.39 is 6.10 Å². The number of aliphatic imine (C=N–C) groups is 1. The minimum Gasteiger partial charge on any atom is -0.497 e. The van der Waals surface area contributed by atoms with E-state index in [0.717, 1.165) is 23.4 Å². The van der Waals surface area contributed by atoms with Crippen LogP contribution < -0.4 is 15.4 Å². The van der Waals surface area contributed by atoms with Crippen molar-refractivity contribution < 1.29 is 9.84 Å². The van der Waals surface area contributed by atoms with E-state index in [1.54, 1.807) is 7.11 Å². The number of aliphatic hydroxyl groups excluding tert-OH is 1. The van der Waals surface area contributed by atoms with E-state index in [9.17, 15) is 5.11 Å². The molecule has 134 valence electrons. The fourth-order valence-corrected chi connectivity index (χ4v) is 2.46. The Hall–Kier alpha value is -2.53. The first kappa shape index (κ1) is 18.8. The van der Waals surface area contributed by atoms with Crippen LogP contribution >= 0.6 is 0 Å². The van der Waals surface area contributed by atoms with E-state index in [-0.39, 0.29) is 0 Å². The number of nitrogens with one attached hydrogen (secondary N) is 2. The summed E-state index contributed by atoms with van der Waals surface area (Å²) < 4.78 is 5.23. The molecule has 3 N–H and O–H groups in total. The molecule has 0 aromatic heterocycles. The van der Waals surface area contributed by atoms with Crippen molar-refractivity contribution in [2.24, 2.45) is 4.99 Å². The van der Waals surface area contributed by atoms with Gasteiger partial charge >= 0.3 is 0 Å². The number of methoxy groups -OCH3 is 1. The van der Waals surface area contributed by atoms with Crippen LogP contribution in [0.25, 0.3) is 0 Å². The number of rotatable bonds is 8. The Balaban J connectivity index is 1.88. The van der Waals surface area contributed by atoms with Crippen LogP contribution in [-0.2, 0) is 13.0 Å². The molecule has 0 radical (unpaired) electrons. The van der Waals surface area contributed by atoms with Crippen LogP contribution in [0, 0.1) is 0 Å². The molecule has 25 heavy (non-hydrogen) atoms. The third-order valence-corrected chi connectivity index (χ3v) is 3.72. The van der Waals surface area contributed by atoms with Crippen LogP contribution in [0.1, 0.15) is 18.1 Å². The number of guanidine groups is 1. The molecule has 0 aliphatic carbocycles. The largest absolute Gasteiger partial charge is 0.497 e. The minimum absolute atomic E-state index is 0.443. The third-order valence-electron chi connectivity index (χ3n) is 3.72. The number of hydrogen-bond donors (Lipinski definition) is 3. The molecule has 0 amide bonds. The minimum atomic E-state index is -0.469. The zero-order chi connectivity index (χ0) is 17.9. The normalized spacial score (nSPS) is 12.5. The second kappa shape index (κ2) is 10.4. The van der Waals surface area contributed by atoms with Crippen LogP contribution in [0.2, 0.25) is 0 Å². The molecule has 0 bridgehead atoms. The maximum atomic E-state index is 10.2. The predicted molar refractivity (Wildman–Crippen MR) is 102 cm³/mol. The van der Waals surface area contributed by atoms with Crippen molar-refractivity contribution in [2.45, 2.75) is 26.0 Å². The maximum absolute atomic E-state index is 10.2. The van der Waals surface area contributed by atoms with Gasteiger partial charge in [-0.05, 0) is 30.2 Å². The van der Waals surface area contributed by atoms with Crippen LogP contribution in [0.15, 0.2) is 59.6 Å². The summed E-state index contributed by atoms with van der Waals surface area (Å²) in [4.78, 5) is 4.57. The Morgan fingerprint density at radius 3 is 2.56 bits per heavy atom. The molecule has 2 rings (SSSR count). The van der Waals surface area contributed by atoms with Gasteiger partial charge in [-0.2, -0.15) is 0 Å². The number of benzene rings is 2. The molecule has 0 saturated carbocycles. The van der Waals surface area contributed by atoms with Gasteiger partial charge in [-0.3, -0.25) is 0 Å². The molecule has 0 heterocycles. The van der Waals surface area contributed by atoms with Crippen molar-refractivity contribution in [3.05, 3.63) is 65.7 Å². The summed E-state index contributed by atoms with van der Waals surface area (Å²) in [7, 11) is 1.65. The van der Waals surface area contributed by atoms with Gasteiger partial charge in [0.15, 0.2) is 5.96 Å². The van der Waals surface area contributed by atoms with Gasteiger partial charge in [0.25, 0.3) is 0 Å². The van der Waals surface area contributed by atoms with Crippen molar-refractivity contribution in [3.63, 3.8) is 0 Å². The molecular formula is C20H27N3O2. The summed E-state index contributed by atoms with van der Waals surface area (Å²) in [6, 6.07) is 17.8. The van der Waals surface area contributed by atoms with Gasteiger partial charge in [0.1, 0.15) is 5.75 Å². The summed E-state index contributed by atoms with van der Waals surface area (Å²) in [5.41, 5.74) is 2.19. The zero-order valence-corrected chi connectivity index (χ0v) is 14.9. The highest BCUT2D eigenvalue weighted by Crippen LogP contribution is 2.13. The van der Waals surface area contributed by atoms with E-state index >= 15 is 0 Å². The molecule has 0 saturated heterocycles. The number of nitrogens with zero attached hydrogens (tertiary/aromatic N) is 1. The van der Waals surface area contributed by atoms with Gasteiger partial charge in [-0.1, -0.05) is 42.5 Å². The molecule has 5 nitrogen and oxygen atoms in total. The van der Waals surface area contributed by atoms with Crippen LogP contribution in [-0.4, -0.2) is 37.4 Å². The van der Waals surface area contributed by atoms with E-state index in [4.69, 9.17) is 4.74 Å². The Morgan fingerprint density at radius 2 is 1.84 bits per heavy atom. The van der Waals surface area contributed by atoms with Crippen molar-refractivity contribution in [1.82, 2.24) is 10.6 Å². The average molecular weight is 341 g/mol. The molecule has 0 aliphatic heterocycles. The van der Waals surface area contributed by atoms with Gasteiger partial charge < -0.3 is 20.5 Å². The summed E-state index contributed by atoms with van der Waals surface area (Å²) in [6.45, 7) is 3.77. The standard InChI is InChI=1S/C20H27N3O2/c1-3-21-20(22-14-17-10-7-11-19(13-17)25-2)23-15-18(24)12-16-8-5-4-6-9-16/h4-11,13,18,24H,3,12,14-15H2,1-2H3,(H2,21,22,23). The first-order valence-corrected chi connectivity index (χ1v) is 8.58. The van der Waals surface area contributed by atoms with E-state index in [0.29, 0.717) is 25.5 Å². The zero-order valence-electron chi connectivity index (χ0n) is 14.9. The lowest BCUT2D eigenvalue weighted by Gasteiger charge is -2.15. The Morgan fingerprint density at radius 1 is 1.08 bits per heavy atom. The lowest BCUT2D eigenvalue weighted by molar-refractivity contribution is 0.177. The van der Waals surface area contributed by atoms with Crippen LogP contribution in [0.3, 0.4) is 0 Å². The first-order valence-electron chi connectivity index (χ1n) is 8.58. The summed E-state index contributed by atoms with van der Waals surface area (Å²) in [5.74, 6) is 1.52. The SMILES string of the molecule is CCNC(=NCc1cccc(OC)c1)NCC(O)Cc1ccccc1. The number of ether oxygens (including phenoxy) is 1. The molecule has 2 aromatic carbocycles. The summed E-state index contributed by atoms with van der Waals surface area (Å²) in [6.07, 6.45) is 0.145. The van der Waals surface area contributed by atoms with Crippen molar-refractivity contribution >= 4 is 5.96 Å². The number of hydrogen-bond acceptors (Lipinski definition) is 3. The fourth-order valence-electron chi connectivity index (χ4n) is 2.46. The van der Waals surface area contributed by atoms with E-state index in [2.05, 4.69) is 15.6 Å². The Bertz CT molecular complexity index is 659. The fraction of sp³-hybridized carbons (Fsp3) is 0.350. The quantitative estimate of drug-likeness (QED) is 0.509. The highest BCUT2D eigenvalue weighted by Gasteiger charge is 2.07. The van der Waals surface area contributed by atoms with Crippen molar-refractivity contribution in [2.75, 3.05) is 20.2 Å². The maximum Gasteiger partial charge on any atom is 0.191 e.